The van der Waals surface area contributed by atoms with Crippen molar-refractivity contribution in [3.05, 3.63) is 34.9 Å². The van der Waals surface area contributed by atoms with Crippen LogP contribution < -0.4 is 5.32 Å². The van der Waals surface area contributed by atoms with E-state index in [1.807, 2.05) is 0 Å². The van der Waals surface area contributed by atoms with Gasteiger partial charge in [-0.3, -0.25) is 4.90 Å². The number of hydrogen-bond donors (Lipinski definition) is 2. The quantitative estimate of drug-likeness (QED) is 0.782. The first-order valence-electron chi connectivity index (χ1n) is 7.82. The lowest BCUT2D eigenvalue weighted by molar-refractivity contribution is 0.180. The third kappa shape index (κ3) is 4.58. The maximum Gasteiger partial charge on any atom is 0.0443 e. The Hall–Kier alpha value is -0.900. The lowest BCUT2D eigenvalue weighted by Crippen LogP contribution is -2.45. The van der Waals surface area contributed by atoms with Crippen LogP contribution in [0.5, 0.6) is 0 Å². The minimum absolute atomic E-state index is 0.284. The van der Waals surface area contributed by atoms with Gasteiger partial charge in [0.05, 0.1) is 0 Å². The molecule has 1 heterocycles. The van der Waals surface area contributed by atoms with E-state index >= 15 is 0 Å². The number of nitrogens with zero attached hydrogens (tertiary/aromatic N) is 1. The molecule has 0 aromatic heterocycles. The third-order valence-corrected chi connectivity index (χ3v) is 4.17. The summed E-state index contributed by atoms with van der Waals surface area (Å²) in [5.41, 5.74) is 4.19. The molecular formula is C17H28N2O. The first-order chi connectivity index (χ1) is 9.69. The highest BCUT2D eigenvalue weighted by molar-refractivity contribution is 5.30. The molecule has 2 N–H and O–H groups in total. The van der Waals surface area contributed by atoms with E-state index in [0.29, 0.717) is 6.04 Å². The van der Waals surface area contributed by atoms with Crippen molar-refractivity contribution < 1.29 is 5.11 Å². The Balaban J connectivity index is 1.86. The van der Waals surface area contributed by atoms with Gasteiger partial charge < -0.3 is 10.4 Å². The van der Waals surface area contributed by atoms with Gasteiger partial charge in [0, 0.05) is 25.7 Å². The second-order valence-corrected chi connectivity index (χ2v) is 6.04. The van der Waals surface area contributed by atoms with Crippen molar-refractivity contribution in [2.24, 2.45) is 0 Å². The molecule has 0 spiro atoms. The summed E-state index contributed by atoms with van der Waals surface area (Å²) in [6.07, 6.45) is 3.38. The number of hydrogen-bond acceptors (Lipinski definition) is 3. The zero-order chi connectivity index (χ0) is 14.4. The molecule has 1 fully saturated rings. The van der Waals surface area contributed by atoms with Crippen LogP contribution in [0.4, 0.5) is 0 Å². The van der Waals surface area contributed by atoms with Crippen molar-refractivity contribution in [2.75, 3.05) is 26.2 Å². The highest BCUT2D eigenvalue weighted by Gasteiger charge is 2.19. The number of likely N-dealkylation sites (tertiary alicyclic amines) is 1. The van der Waals surface area contributed by atoms with Gasteiger partial charge in [-0.25, -0.2) is 0 Å². The first kappa shape index (κ1) is 15.5. The number of piperidine rings is 1. The third-order valence-electron chi connectivity index (χ3n) is 4.17. The van der Waals surface area contributed by atoms with E-state index in [1.165, 1.54) is 36.1 Å². The van der Waals surface area contributed by atoms with E-state index in [1.54, 1.807) is 0 Å². The van der Waals surface area contributed by atoms with E-state index in [4.69, 9.17) is 5.11 Å². The molecule has 20 heavy (non-hydrogen) atoms. The Morgan fingerprint density at radius 1 is 1.35 bits per heavy atom. The van der Waals surface area contributed by atoms with Crippen LogP contribution in [0.25, 0.3) is 0 Å². The molecule has 1 atom stereocenters. The topological polar surface area (TPSA) is 35.5 Å². The molecule has 0 aliphatic carbocycles. The predicted octanol–water partition coefficient (Wildman–Crippen LogP) is 2.24. The predicted molar refractivity (Wildman–Crippen MR) is 83.9 cm³/mol. The van der Waals surface area contributed by atoms with Crippen LogP contribution in [0.15, 0.2) is 18.2 Å². The van der Waals surface area contributed by atoms with Crippen molar-refractivity contribution in [2.45, 2.75) is 45.7 Å². The highest BCUT2D eigenvalue weighted by atomic mass is 16.3. The number of rotatable bonds is 6. The summed E-state index contributed by atoms with van der Waals surface area (Å²) in [7, 11) is 0. The minimum Gasteiger partial charge on any atom is -0.396 e. The molecule has 1 aromatic rings. The second kappa shape index (κ2) is 7.77. The Bertz CT molecular complexity index is 419. The fourth-order valence-electron chi connectivity index (χ4n) is 3.02. The SMILES string of the molecule is Cc1ccc(CN2CCCC(NCCCO)C2)c(C)c1. The molecule has 2 rings (SSSR count). The standard InChI is InChI=1S/C17H28N2O/c1-14-6-7-16(15(2)11-14)12-19-9-3-5-17(13-19)18-8-4-10-20/h6-7,11,17-18,20H,3-5,8-10,12-13H2,1-2H3. The fourth-order valence-corrected chi connectivity index (χ4v) is 3.02. The Morgan fingerprint density at radius 3 is 2.95 bits per heavy atom. The van der Waals surface area contributed by atoms with Crippen LogP contribution in [-0.4, -0.2) is 42.3 Å². The lowest BCUT2D eigenvalue weighted by Gasteiger charge is -2.33. The van der Waals surface area contributed by atoms with Gasteiger partial charge in [-0.2, -0.15) is 0 Å². The maximum atomic E-state index is 8.85. The Kier molecular flexibility index (Phi) is 6.02. The molecule has 0 saturated carbocycles. The van der Waals surface area contributed by atoms with Gasteiger partial charge in [0.25, 0.3) is 0 Å². The summed E-state index contributed by atoms with van der Waals surface area (Å²) in [6.45, 7) is 8.96. The minimum atomic E-state index is 0.284. The van der Waals surface area contributed by atoms with Crippen LogP contribution in [0.1, 0.15) is 36.0 Å². The first-order valence-corrected chi connectivity index (χ1v) is 7.82. The number of aliphatic hydroxyl groups is 1. The molecular weight excluding hydrogens is 248 g/mol. The van der Waals surface area contributed by atoms with E-state index in [2.05, 4.69) is 42.3 Å². The molecule has 3 heteroatoms. The molecule has 0 amide bonds. The number of aliphatic hydroxyl groups excluding tert-OH is 1. The van der Waals surface area contributed by atoms with Gasteiger partial charge in [-0.05, 0) is 57.3 Å². The van der Waals surface area contributed by atoms with Crippen LogP contribution >= 0.6 is 0 Å². The van der Waals surface area contributed by atoms with Gasteiger partial charge in [-0.15, -0.1) is 0 Å². The average Bonchev–Trinajstić information content (AvgIpc) is 2.43. The van der Waals surface area contributed by atoms with E-state index in [-0.39, 0.29) is 6.61 Å². The molecule has 1 aliphatic heterocycles. The number of aryl methyl sites for hydroxylation is 2. The highest BCUT2D eigenvalue weighted by Crippen LogP contribution is 2.17. The second-order valence-electron chi connectivity index (χ2n) is 6.04. The number of benzene rings is 1. The van der Waals surface area contributed by atoms with Crippen molar-refractivity contribution >= 4 is 0 Å². The van der Waals surface area contributed by atoms with E-state index in [0.717, 1.165) is 26.1 Å². The van der Waals surface area contributed by atoms with Crippen LogP contribution in [0.3, 0.4) is 0 Å². The van der Waals surface area contributed by atoms with Crippen molar-refractivity contribution in [1.29, 1.82) is 0 Å². The van der Waals surface area contributed by atoms with Crippen LogP contribution in [0.2, 0.25) is 0 Å². The Labute approximate surface area is 123 Å². The van der Waals surface area contributed by atoms with Crippen LogP contribution in [-0.2, 0) is 6.54 Å². The Morgan fingerprint density at radius 2 is 2.20 bits per heavy atom. The van der Waals surface area contributed by atoms with Crippen molar-refractivity contribution in [3.8, 4) is 0 Å². The zero-order valence-electron chi connectivity index (χ0n) is 12.9. The van der Waals surface area contributed by atoms with Gasteiger partial charge in [0.2, 0.25) is 0 Å². The van der Waals surface area contributed by atoms with E-state index in [9.17, 15) is 0 Å². The van der Waals surface area contributed by atoms with E-state index < -0.39 is 0 Å². The molecule has 1 saturated heterocycles. The average molecular weight is 276 g/mol. The molecule has 1 unspecified atom stereocenters. The van der Waals surface area contributed by atoms with Gasteiger partial charge >= 0.3 is 0 Å². The summed E-state index contributed by atoms with van der Waals surface area (Å²) < 4.78 is 0. The molecule has 0 radical (unpaired) electrons. The van der Waals surface area contributed by atoms with Crippen LogP contribution in [0, 0.1) is 13.8 Å². The smallest absolute Gasteiger partial charge is 0.0443 e. The van der Waals surface area contributed by atoms with Gasteiger partial charge in [0.1, 0.15) is 0 Å². The summed E-state index contributed by atoms with van der Waals surface area (Å²) in [5.74, 6) is 0. The largest absolute Gasteiger partial charge is 0.396 e. The molecule has 1 aromatic carbocycles. The summed E-state index contributed by atoms with van der Waals surface area (Å²) >= 11 is 0. The molecule has 3 nitrogen and oxygen atoms in total. The number of nitrogens with one attached hydrogen (secondary N) is 1. The van der Waals surface area contributed by atoms with Crippen molar-refractivity contribution in [3.63, 3.8) is 0 Å². The lowest BCUT2D eigenvalue weighted by atomic mass is 10.0. The van der Waals surface area contributed by atoms with Gasteiger partial charge in [0.15, 0.2) is 0 Å². The normalized spacial score (nSPS) is 20.2. The fraction of sp³-hybridized carbons (Fsp3) is 0.647. The summed E-state index contributed by atoms with van der Waals surface area (Å²) in [4.78, 5) is 2.55. The van der Waals surface area contributed by atoms with Crippen molar-refractivity contribution in [1.82, 2.24) is 10.2 Å². The monoisotopic (exact) mass is 276 g/mol. The maximum absolute atomic E-state index is 8.85. The molecule has 0 bridgehead atoms. The molecule has 112 valence electrons. The molecule has 1 aliphatic rings. The summed E-state index contributed by atoms with van der Waals surface area (Å²) in [5, 5.41) is 12.4. The summed E-state index contributed by atoms with van der Waals surface area (Å²) in [6, 6.07) is 7.34. The van der Waals surface area contributed by atoms with Gasteiger partial charge in [-0.1, -0.05) is 23.8 Å². The zero-order valence-corrected chi connectivity index (χ0v) is 12.9.